The van der Waals surface area contributed by atoms with E-state index in [1.54, 1.807) is 0 Å². The lowest BCUT2D eigenvalue weighted by atomic mass is 10.1. The second-order valence-corrected chi connectivity index (χ2v) is 6.59. The van der Waals surface area contributed by atoms with E-state index >= 15 is 0 Å². The Hall–Kier alpha value is -0.830. The number of benzene rings is 1. The van der Waals surface area contributed by atoms with Crippen molar-refractivity contribution in [2.45, 2.75) is 31.3 Å². The fraction of sp³-hybridized carbons (Fsp3) is 0.538. The monoisotopic (exact) mass is 236 g/mol. The van der Waals surface area contributed by atoms with Crippen LogP contribution < -0.4 is 10.6 Å². The maximum absolute atomic E-state index is 5.79. The van der Waals surface area contributed by atoms with Crippen LogP contribution in [-0.2, 0) is 0 Å². The van der Waals surface area contributed by atoms with E-state index in [-0.39, 0.29) is 0 Å². The van der Waals surface area contributed by atoms with E-state index in [2.05, 4.69) is 49.6 Å². The van der Waals surface area contributed by atoms with E-state index in [0.717, 1.165) is 18.8 Å². The predicted molar refractivity (Wildman–Crippen MR) is 74.3 cm³/mol. The average Bonchev–Trinajstić information content (AvgIpc) is 2.15. The van der Waals surface area contributed by atoms with Gasteiger partial charge in [-0.2, -0.15) is 11.8 Å². The third kappa shape index (κ3) is 2.46. The zero-order valence-electron chi connectivity index (χ0n) is 10.2. The van der Waals surface area contributed by atoms with Crippen LogP contribution in [0.4, 0.5) is 11.4 Å². The number of nitrogen functional groups attached to an aromatic ring is 1. The molecule has 0 aromatic heterocycles. The molecule has 0 spiro atoms. The maximum atomic E-state index is 5.79. The summed E-state index contributed by atoms with van der Waals surface area (Å²) in [6.07, 6.45) is 0. The molecule has 1 heterocycles. The van der Waals surface area contributed by atoms with Crippen LogP contribution in [0, 0.1) is 6.92 Å². The van der Waals surface area contributed by atoms with E-state index < -0.39 is 0 Å². The molecule has 1 saturated heterocycles. The van der Waals surface area contributed by atoms with Crippen LogP contribution >= 0.6 is 11.8 Å². The van der Waals surface area contributed by atoms with Crippen molar-refractivity contribution in [1.82, 2.24) is 0 Å². The Balaban J connectivity index is 2.23. The molecular formula is C13H20N2S. The molecule has 1 aromatic rings. The Bertz CT molecular complexity index is 368. The molecular weight excluding hydrogens is 216 g/mol. The summed E-state index contributed by atoms with van der Waals surface area (Å²) < 4.78 is 0. The first-order chi connectivity index (χ1) is 7.56. The Morgan fingerprint density at radius 3 is 2.44 bits per heavy atom. The molecule has 3 heteroatoms. The highest BCUT2D eigenvalue weighted by Crippen LogP contribution is 2.30. The zero-order chi connectivity index (χ0) is 11.7. The first-order valence-electron chi connectivity index (χ1n) is 5.83. The number of hydrogen-bond acceptors (Lipinski definition) is 3. The first kappa shape index (κ1) is 11.6. The minimum absolute atomic E-state index is 0.709. The molecule has 1 fully saturated rings. The van der Waals surface area contributed by atoms with E-state index in [1.807, 2.05) is 6.07 Å². The van der Waals surface area contributed by atoms with Gasteiger partial charge in [0.1, 0.15) is 0 Å². The molecule has 16 heavy (non-hydrogen) atoms. The summed E-state index contributed by atoms with van der Waals surface area (Å²) in [5.41, 5.74) is 9.27. The van der Waals surface area contributed by atoms with Crippen LogP contribution in [0.5, 0.6) is 0 Å². The van der Waals surface area contributed by atoms with Gasteiger partial charge in [-0.3, -0.25) is 0 Å². The predicted octanol–water partition coefficient (Wildman–Crippen LogP) is 2.91. The minimum atomic E-state index is 0.709. The van der Waals surface area contributed by atoms with Crippen LogP contribution in [0.1, 0.15) is 19.4 Å². The molecule has 0 amide bonds. The summed E-state index contributed by atoms with van der Waals surface area (Å²) in [5.74, 6) is 0. The van der Waals surface area contributed by atoms with Gasteiger partial charge >= 0.3 is 0 Å². The normalized spacial score (nSPS) is 25.8. The average molecular weight is 236 g/mol. The molecule has 2 atom stereocenters. The van der Waals surface area contributed by atoms with Gasteiger partial charge in [0.05, 0.1) is 0 Å². The minimum Gasteiger partial charge on any atom is -0.399 e. The number of nitrogens with zero attached hydrogens (tertiary/aromatic N) is 1. The van der Waals surface area contributed by atoms with Gasteiger partial charge in [-0.1, -0.05) is 13.8 Å². The number of nitrogens with two attached hydrogens (primary N) is 1. The van der Waals surface area contributed by atoms with Crippen molar-refractivity contribution in [3.8, 4) is 0 Å². The van der Waals surface area contributed by atoms with Crippen LogP contribution in [0.15, 0.2) is 18.2 Å². The van der Waals surface area contributed by atoms with Crippen molar-refractivity contribution in [1.29, 1.82) is 0 Å². The van der Waals surface area contributed by atoms with Gasteiger partial charge in [-0.05, 0) is 30.7 Å². The fourth-order valence-electron chi connectivity index (χ4n) is 2.41. The SMILES string of the molecule is Cc1cc(N)ccc1N1CC(C)SC(C)C1. The molecule has 2 N–H and O–H groups in total. The second-order valence-electron chi connectivity index (χ2n) is 4.71. The molecule has 0 saturated carbocycles. The zero-order valence-corrected chi connectivity index (χ0v) is 11.1. The number of hydrogen-bond donors (Lipinski definition) is 1. The molecule has 0 bridgehead atoms. The first-order valence-corrected chi connectivity index (χ1v) is 6.77. The molecule has 0 radical (unpaired) electrons. The summed E-state index contributed by atoms with van der Waals surface area (Å²) in [6, 6.07) is 6.21. The molecule has 2 unspecified atom stereocenters. The lowest BCUT2D eigenvalue weighted by molar-refractivity contribution is 0.726. The van der Waals surface area contributed by atoms with E-state index in [4.69, 9.17) is 5.73 Å². The lowest BCUT2D eigenvalue weighted by Gasteiger charge is -2.37. The molecule has 0 aliphatic carbocycles. The quantitative estimate of drug-likeness (QED) is 0.760. The van der Waals surface area contributed by atoms with Crippen molar-refractivity contribution >= 4 is 23.1 Å². The molecule has 2 nitrogen and oxygen atoms in total. The van der Waals surface area contributed by atoms with E-state index in [0.29, 0.717) is 10.5 Å². The smallest absolute Gasteiger partial charge is 0.0398 e. The highest BCUT2D eigenvalue weighted by molar-refractivity contribution is 8.00. The third-order valence-electron chi connectivity index (χ3n) is 2.98. The van der Waals surface area contributed by atoms with E-state index in [9.17, 15) is 0 Å². The van der Waals surface area contributed by atoms with Gasteiger partial charge < -0.3 is 10.6 Å². The highest BCUT2D eigenvalue weighted by atomic mass is 32.2. The Kier molecular flexibility index (Phi) is 3.33. The standard InChI is InChI=1S/C13H20N2S/c1-9-6-12(14)4-5-13(9)15-7-10(2)16-11(3)8-15/h4-6,10-11H,7-8,14H2,1-3H3. The Labute approximate surface area is 102 Å². The van der Waals surface area contributed by atoms with Crippen molar-refractivity contribution in [3.05, 3.63) is 23.8 Å². The highest BCUT2D eigenvalue weighted by Gasteiger charge is 2.23. The summed E-state index contributed by atoms with van der Waals surface area (Å²) >= 11 is 2.08. The topological polar surface area (TPSA) is 29.3 Å². The van der Waals surface area contributed by atoms with Crippen LogP contribution in [-0.4, -0.2) is 23.6 Å². The van der Waals surface area contributed by atoms with Gasteiger partial charge in [0, 0.05) is 35.0 Å². The second kappa shape index (κ2) is 4.58. The van der Waals surface area contributed by atoms with Gasteiger partial charge in [0.15, 0.2) is 0 Å². The number of thioether (sulfide) groups is 1. The number of rotatable bonds is 1. The lowest BCUT2D eigenvalue weighted by Crippen LogP contribution is -2.40. The Morgan fingerprint density at radius 2 is 1.88 bits per heavy atom. The van der Waals surface area contributed by atoms with Crippen LogP contribution in [0.2, 0.25) is 0 Å². The summed E-state index contributed by atoms with van der Waals surface area (Å²) in [4.78, 5) is 2.49. The van der Waals surface area contributed by atoms with Gasteiger partial charge in [-0.25, -0.2) is 0 Å². The summed E-state index contributed by atoms with van der Waals surface area (Å²) in [6.45, 7) is 9.03. The third-order valence-corrected chi connectivity index (χ3v) is 4.21. The van der Waals surface area contributed by atoms with Crippen LogP contribution in [0.3, 0.4) is 0 Å². The fourth-order valence-corrected chi connectivity index (χ4v) is 3.73. The summed E-state index contributed by atoms with van der Waals surface area (Å²) in [5, 5.41) is 1.42. The molecule has 1 aromatic carbocycles. The van der Waals surface area contributed by atoms with Crippen molar-refractivity contribution in [2.75, 3.05) is 23.7 Å². The maximum Gasteiger partial charge on any atom is 0.0398 e. The molecule has 1 aliphatic rings. The summed E-state index contributed by atoms with van der Waals surface area (Å²) in [7, 11) is 0. The van der Waals surface area contributed by atoms with Crippen molar-refractivity contribution < 1.29 is 0 Å². The molecule has 2 rings (SSSR count). The van der Waals surface area contributed by atoms with Crippen molar-refractivity contribution in [2.24, 2.45) is 0 Å². The van der Waals surface area contributed by atoms with Gasteiger partial charge in [-0.15, -0.1) is 0 Å². The Morgan fingerprint density at radius 1 is 1.25 bits per heavy atom. The van der Waals surface area contributed by atoms with Crippen LogP contribution in [0.25, 0.3) is 0 Å². The van der Waals surface area contributed by atoms with Gasteiger partial charge in [0.2, 0.25) is 0 Å². The number of aryl methyl sites for hydroxylation is 1. The van der Waals surface area contributed by atoms with Crippen molar-refractivity contribution in [3.63, 3.8) is 0 Å². The number of anilines is 2. The molecule has 88 valence electrons. The van der Waals surface area contributed by atoms with E-state index in [1.165, 1.54) is 11.3 Å². The van der Waals surface area contributed by atoms with Gasteiger partial charge in [0.25, 0.3) is 0 Å². The molecule has 1 aliphatic heterocycles. The largest absolute Gasteiger partial charge is 0.399 e.